The molecule has 0 radical (unpaired) electrons. The van der Waals surface area contributed by atoms with Gasteiger partial charge in [-0.1, -0.05) is 6.07 Å². The molecular formula is C18H23N5O4S2. The second-order valence-electron chi connectivity index (χ2n) is 7.51. The van der Waals surface area contributed by atoms with Crippen molar-refractivity contribution in [3.63, 3.8) is 0 Å². The highest BCUT2D eigenvalue weighted by Gasteiger charge is 2.39. The first-order valence-corrected chi connectivity index (χ1v) is 12.8. The van der Waals surface area contributed by atoms with Crippen LogP contribution in [-0.2, 0) is 26.4 Å². The van der Waals surface area contributed by atoms with Gasteiger partial charge >= 0.3 is 0 Å². The van der Waals surface area contributed by atoms with Gasteiger partial charge < -0.3 is 5.32 Å². The number of sulfone groups is 1. The summed E-state index contributed by atoms with van der Waals surface area (Å²) < 4.78 is 50.5. The van der Waals surface area contributed by atoms with Crippen molar-refractivity contribution in [3.8, 4) is 11.3 Å². The average molecular weight is 438 g/mol. The number of aromatic nitrogens is 3. The minimum absolute atomic E-state index is 0.00660. The highest BCUT2D eigenvalue weighted by Crippen LogP contribution is 2.27. The molecule has 29 heavy (non-hydrogen) atoms. The lowest BCUT2D eigenvalue weighted by atomic mass is 10.1. The van der Waals surface area contributed by atoms with E-state index in [1.807, 2.05) is 12.1 Å². The van der Waals surface area contributed by atoms with Crippen LogP contribution in [0.25, 0.3) is 11.3 Å². The molecule has 0 amide bonds. The molecule has 1 saturated heterocycles. The van der Waals surface area contributed by atoms with Gasteiger partial charge in [0.05, 0.1) is 34.7 Å². The molecule has 4 rings (SSSR count). The summed E-state index contributed by atoms with van der Waals surface area (Å²) in [5.41, 5.74) is 1.82. The van der Waals surface area contributed by atoms with E-state index in [9.17, 15) is 16.8 Å². The molecule has 1 saturated carbocycles. The normalized spacial score (nSPS) is 21.4. The van der Waals surface area contributed by atoms with Crippen LogP contribution in [0.1, 0.15) is 25.0 Å². The van der Waals surface area contributed by atoms with E-state index < -0.39 is 25.1 Å². The molecule has 2 aliphatic rings. The highest BCUT2D eigenvalue weighted by molar-refractivity contribution is 7.95. The van der Waals surface area contributed by atoms with Crippen molar-refractivity contribution in [1.82, 2.24) is 19.3 Å². The largest absolute Gasteiger partial charge is 0.351 e. The lowest BCUT2D eigenvalue weighted by molar-refractivity contribution is 0.453. The van der Waals surface area contributed by atoms with E-state index in [4.69, 9.17) is 0 Å². The SMILES string of the molecule is CN(Cc1nc(NC2CC2)ncc1-c1ccccn1)S(=O)(=O)C1CCS(=O)(=O)C1. The minimum atomic E-state index is -3.78. The summed E-state index contributed by atoms with van der Waals surface area (Å²) in [4.78, 5) is 13.2. The summed E-state index contributed by atoms with van der Waals surface area (Å²) in [6.45, 7) is 0.00660. The van der Waals surface area contributed by atoms with E-state index in [2.05, 4.69) is 20.3 Å². The Hall–Kier alpha value is -2.11. The van der Waals surface area contributed by atoms with E-state index in [0.29, 0.717) is 28.9 Å². The van der Waals surface area contributed by atoms with Crippen molar-refractivity contribution < 1.29 is 16.8 Å². The predicted molar refractivity (Wildman–Crippen MR) is 109 cm³/mol. The van der Waals surface area contributed by atoms with Crippen molar-refractivity contribution in [2.75, 3.05) is 23.9 Å². The Morgan fingerprint density at radius 1 is 1.21 bits per heavy atom. The maximum Gasteiger partial charge on any atom is 0.223 e. The zero-order valence-electron chi connectivity index (χ0n) is 16.0. The maximum atomic E-state index is 12.9. The number of pyridine rings is 1. The third-order valence-corrected chi connectivity index (χ3v) is 9.36. The van der Waals surface area contributed by atoms with Crippen molar-refractivity contribution in [3.05, 3.63) is 36.3 Å². The fourth-order valence-corrected chi connectivity index (χ4v) is 7.53. The first kappa shape index (κ1) is 20.2. The van der Waals surface area contributed by atoms with Crippen LogP contribution >= 0.6 is 0 Å². The topological polar surface area (TPSA) is 122 Å². The van der Waals surface area contributed by atoms with Crippen LogP contribution in [0.5, 0.6) is 0 Å². The number of hydrogen-bond acceptors (Lipinski definition) is 8. The van der Waals surface area contributed by atoms with Crippen molar-refractivity contribution >= 4 is 25.8 Å². The first-order valence-electron chi connectivity index (χ1n) is 9.44. The molecule has 1 aliphatic carbocycles. The van der Waals surface area contributed by atoms with Gasteiger partial charge in [-0.15, -0.1) is 0 Å². The van der Waals surface area contributed by atoms with E-state index in [1.165, 1.54) is 11.4 Å². The molecule has 2 aromatic rings. The zero-order chi connectivity index (χ0) is 20.6. The van der Waals surface area contributed by atoms with Crippen LogP contribution in [0.2, 0.25) is 0 Å². The summed E-state index contributed by atoms with van der Waals surface area (Å²) in [7, 11) is -5.62. The number of anilines is 1. The summed E-state index contributed by atoms with van der Waals surface area (Å²) in [6, 6.07) is 5.80. The number of sulfonamides is 1. The van der Waals surface area contributed by atoms with E-state index in [1.54, 1.807) is 18.5 Å². The number of rotatable bonds is 7. The molecule has 1 atom stereocenters. The van der Waals surface area contributed by atoms with Crippen LogP contribution in [0.4, 0.5) is 5.95 Å². The Labute approximate surface area is 170 Å². The molecule has 2 fully saturated rings. The van der Waals surface area contributed by atoms with Gasteiger partial charge in [-0.2, -0.15) is 4.31 Å². The van der Waals surface area contributed by atoms with Crippen molar-refractivity contribution in [2.24, 2.45) is 0 Å². The van der Waals surface area contributed by atoms with Gasteiger partial charge in [0.25, 0.3) is 0 Å². The first-order chi connectivity index (χ1) is 13.7. The molecule has 1 unspecified atom stereocenters. The summed E-state index contributed by atoms with van der Waals surface area (Å²) in [5.74, 6) is 0.0363. The Kier molecular flexibility index (Phi) is 5.30. The Bertz CT molecular complexity index is 1100. The van der Waals surface area contributed by atoms with E-state index >= 15 is 0 Å². The van der Waals surface area contributed by atoms with Gasteiger partial charge in [-0.05, 0) is 31.4 Å². The zero-order valence-corrected chi connectivity index (χ0v) is 17.7. The van der Waals surface area contributed by atoms with Crippen LogP contribution in [0.3, 0.4) is 0 Å². The molecule has 0 aromatic carbocycles. The van der Waals surface area contributed by atoms with Gasteiger partial charge in [-0.3, -0.25) is 4.98 Å². The van der Waals surface area contributed by atoms with Crippen LogP contribution in [-0.4, -0.2) is 65.9 Å². The lowest BCUT2D eigenvalue weighted by Crippen LogP contribution is -2.36. The molecule has 11 heteroatoms. The third kappa shape index (κ3) is 4.57. The molecule has 0 bridgehead atoms. The Morgan fingerprint density at radius 2 is 2.00 bits per heavy atom. The minimum Gasteiger partial charge on any atom is -0.351 e. The number of nitrogens with zero attached hydrogens (tertiary/aromatic N) is 4. The van der Waals surface area contributed by atoms with Crippen LogP contribution in [0, 0.1) is 0 Å². The van der Waals surface area contributed by atoms with Gasteiger partial charge in [0, 0.05) is 31.0 Å². The van der Waals surface area contributed by atoms with Gasteiger partial charge in [0.15, 0.2) is 9.84 Å². The summed E-state index contributed by atoms with van der Waals surface area (Å²) in [6.07, 6.45) is 5.55. The lowest BCUT2D eigenvalue weighted by Gasteiger charge is -2.22. The summed E-state index contributed by atoms with van der Waals surface area (Å²) in [5, 5.41) is 2.31. The summed E-state index contributed by atoms with van der Waals surface area (Å²) >= 11 is 0. The molecule has 1 aliphatic heterocycles. The van der Waals surface area contributed by atoms with Crippen molar-refractivity contribution in [1.29, 1.82) is 0 Å². The molecule has 156 valence electrons. The highest BCUT2D eigenvalue weighted by atomic mass is 32.2. The smallest absolute Gasteiger partial charge is 0.223 e. The standard InChI is InChI=1S/C18H23N5O4S2/c1-23(29(26,27)14-7-9-28(24,25)12-14)11-17-15(16-4-2-3-8-19-16)10-20-18(22-17)21-13-5-6-13/h2-4,8,10,13-14H,5-7,9,11-12H2,1H3,(H,20,21,22). The van der Waals surface area contributed by atoms with E-state index in [-0.39, 0.29) is 24.5 Å². The molecule has 1 N–H and O–H groups in total. The van der Waals surface area contributed by atoms with Gasteiger partial charge in [0.1, 0.15) is 0 Å². The molecular weight excluding hydrogens is 414 g/mol. The van der Waals surface area contributed by atoms with Crippen molar-refractivity contribution in [2.45, 2.75) is 37.1 Å². The fourth-order valence-electron chi connectivity index (χ4n) is 3.30. The number of nitrogens with one attached hydrogen (secondary N) is 1. The molecule has 9 nitrogen and oxygen atoms in total. The second-order valence-corrected chi connectivity index (χ2v) is 12.1. The predicted octanol–water partition coefficient (Wildman–Crippen LogP) is 1.06. The second kappa shape index (κ2) is 7.62. The van der Waals surface area contributed by atoms with Gasteiger partial charge in [0.2, 0.25) is 16.0 Å². The Balaban J connectivity index is 1.63. The molecule has 2 aromatic heterocycles. The van der Waals surface area contributed by atoms with Crippen LogP contribution < -0.4 is 5.32 Å². The third-order valence-electron chi connectivity index (χ3n) is 5.14. The number of hydrogen-bond donors (Lipinski definition) is 1. The van der Waals surface area contributed by atoms with Crippen LogP contribution in [0.15, 0.2) is 30.6 Å². The Morgan fingerprint density at radius 3 is 2.62 bits per heavy atom. The quantitative estimate of drug-likeness (QED) is 0.682. The van der Waals surface area contributed by atoms with Gasteiger partial charge in [-0.25, -0.2) is 26.8 Å². The molecule has 0 spiro atoms. The fraction of sp³-hybridized carbons (Fsp3) is 0.500. The maximum absolute atomic E-state index is 12.9. The monoisotopic (exact) mass is 437 g/mol. The molecule has 3 heterocycles. The van der Waals surface area contributed by atoms with E-state index in [0.717, 1.165) is 12.8 Å². The average Bonchev–Trinajstić information content (AvgIpc) is 3.42.